The van der Waals surface area contributed by atoms with Gasteiger partial charge in [0.25, 0.3) is 0 Å². The fourth-order valence-electron chi connectivity index (χ4n) is 2.54. The number of hydrogen-bond donors (Lipinski definition) is 1. The SMILES string of the molecule is CCCC1CN(c2ccc(Br)c(Cl)c2Cl)C(C)CN1. The largest absolute Gasteiger partial charge is 0.365 e. The van der Waals surface area contributed by atoms with Crippen LogP contribution in [0.1, 0.15) is 26.7 Å². The molecule has 1 aliphatic heterocycles. The lowest BCUT2D eigenvalue weighted by Gasteiger charge is -2.41. The van der Waals surface area contributed by atoms with Gasteiger partial charge in [0.2, 0.25) is 0 Å². The van der Waals surface area contributed by atoms with E-state index in [0.717, 1.165) is 23.2 Å². The molecule has 0 saturated carbocycles. The Balaban J connectivity index is 2.26. The number of hydrogen-bond acceptors (Lipinski definition) is 2. The highest BCUT2D eigenvalue weighted by atomic mass is 79.9. The monoisotopic (exact) mass is 364 g/mol. The molecule has 2 unspecified atom stereocenters. The Morgan fingerprint density at radius 2 is 2.11 bits per heavy atom. The minimum atomic E-state index is 0.419. The predicted octanol–water partition coefficient (Wildman–Crippen LogP) is 4.72. The molecule has 1 saturated heterocycles. The molecule has 0 amide bonds. The molecule has 5 heteroatoms. The molecule has 0 bridgehead atoms. The number of halogens is 3. The van der Waals surface area contributed by atoms with Crippen LogP contribution in [-0.4, -0.2) is 25.2 Å². The van der Waals surface area contributed by atoms with Gasteiger partial charge in [-0.1, -0.05) is 36.5 Å². The molecule has 0 spiro atoms. The topological polar surface area (TPSA) is 15.3 Å². The van der Waals surface area contributed by atoms with Gasteiger partial charge in [-0.05, 0) is 41.4 Å². The highest BCUT2D eigenvalue weighted by molar-refractivity contribution is 9.10. The number of rotatable bonds is 3. The van der Waals surface area contributed by atoms with Crippen LogP contribution in [0.25, 0.3) is 0 Å². The summed E-state index contributed by atoms with van der Waals surface area (Å²) in [6.45, 7) is 6.39. The summed E-state index contributed by atoms with van der Waals surface area (Å²) in [6, 6.07) is 4.96. The maximum atomic E-state index is 6.40. The molecule has 2 atom stereocenters. The van der Waals surface area contributed by atoms with Gasteiger partial charge in [-0.15, -0.1) is 0 Å². The third kappa shape index (κ3) is 3.38. The molecular weight excluding hydrogens is 347 g/mol. The molecule has 1 fully saturated rings. The van der Waals surface area contributed by atoms with Gasteiger partial charge in [0, 0.05) is 29.6 Å². The second kappa shape index (κ2) is 6.66. The Morgan fingerprint density at radius 3 is 2.79 bits per heavy atom. The first-order valence-corrected chi connectivity index (χ1v) is 8.23. The number of anilines is 1. The normalized spacial score (nSPS) is 23.7. The van der Waals surface area contributed by atoms with E-state index in [-0.39, 0.29) is 0 Å². The van der Waals surface area contributed by atoms with Crippen molar-refractivity contribution < 1.29 is 0 Å². The molecule has 2 nitrogen and oxygen atoms in total. The van der Waals surface area contributed by atoms with Crippen molar-refractivity contribution in [3.05, 3.63) is 26.7 Å². The van der Waals surface area contributed by atoms with Crippen molar-refractivity contribution >= 4 is 44.8 Å². The van der Waals surface area contributed by atoms with E-state index in [4.69, 9.17) is 23.2 Å². The summed E-state index contributed by atoms with van der Waals surface area (Å²) >= 11 is 16.0. The van der Waals surface area contributed by atoms with Crippen molar-refractivity contribution in [2.24, 2.45) is 0 Å². The van der Waals surface area contributed by atoms with Crippen LogP contribution < -0.4 is 10.2 Å². The van der Waals surface area contributed by atoms with Gasteiger partial charge in [-0.25, -0.2) is 0 Å². The molecule has 0 radical (unpaired) electrons. The average Bonchev–Trinajstić information content (AvgIpc) is 2.39. The first kappa shape index (κ1) is 15.4. The Kier molecular flexibility index (Phi) is 5.41. The zero-order valence-corrected chi connectivity index (χ0v) is 14.3. The quantitative estimate of drug-likeness (QED) is 0.779. The van der Waals surface area contributed by atoms with E-state index in [2.05, 4.69) is 40.0 Å². The number of piperazine rings is 1. The molecule has 106 valence electrons. The zero-order valence-electron chi connectivity index (χ0n) is 11.2. The minimum absolute atomic E-state index is 0.419. The molecule has 0 aliphatic carbocycles. The second-order valence-corrected chi connectivity index (χ2v) is 6.70. The smallest absolute Gasteiger partial charge is 0.0837 e. The summed E-state index contributed by atoms with van der Waals surface area (Å²) in [5.74, 6) is 0. The molecule has 1 N–H and O–H groups in total. The van der Waals surface area contributed by atoms with Gasteiger partial charge < -0.3 is 10.2 Å². The summed E-state index contributed by atoms with van der Waals surface area (Å²) in [4.78, 5) is 2.36. The van der Waals surface area contributed by atoms with Crippen molar-refractivity contribution in [2.75, 3.05) is 18.0 Å². The molecule has 19 heavy (non-hydrogen) atoms. The summed E-state index contributed by atoms with van der Waals surface area (Å²) in [5.41, 5.74) is 1.03. The summed E-state index contributed by atoms with van der Waals surface area (Å²) in [5, 5.41) is 4.82. The second-order valence-electron chi connectivity index (χ2n) is 5.09. The van der Waals surface area contributed by atoms with Crippen LogP contribution in [0.4, 0.5) is 5.69 Å². The van der Waals surface area contributed by atoms with Gasteiger partial charge in [-0.3, -0.25) is 0 Å². The third-order valence-electron chi connectivity index (χ3n) is 3.61. The molecular formula is C14H19BrCl2N2. The van der Waals surface area contributed by atoms with Crippen molar-refractivity contribution in [1.82, 2.24) is 5.32 Å². The van der Waals surface area contributed by atoms with Gasteiger partial charge in [0.1, 0.15) is 0 Å². The average molecular weight is 366 g/mol. The van der Waals surface area contributed by atoms with E-state index in [1.165, 1.54) is 12.8 Å². The summed E-state index contributed by atoms with van der Waals surface area (Å²) in [6.07, 6.45) is 2.37. The Hall–Kier alpha value is 0.0400. The van der Waals surface area contributed by atoms with E-state index in [1.54, 1.807) is 0 Å². The zero-order chi connectivity index (χ0) is 14.0. The first-order valence-electron chi connectivity index (χ1n) is 6.68. The van der Waals surface area contributed by atoms with Crippen LogP contribution in [0.5, 0.6) is 0 Å². The Bertz CT molecular complexity index is 453. The van der Waals surface area contributed by atoms with Crippen LogP contribution in [0.3, 0.4) is 0 Å². The van der Waals surface area contributed by atoms with Crippen LogP contribution in [0, 0.1) is 0 Å². The van der Waals surface area contributed by atoms with Crippen molar-refractivity contribution in [3.8, 4) is 0 Å². The first-order chi connectivity index (χ1) is 9.04. The fraction of sp³-hybridized carbons (Fsp3) is 0.571. The highest BCUT2D eigenvalue weighted by Crippen LogP contribution is 2.38. The van der Waals surface area contributed by atoms with E-state index in [0.29, 0.717) is 22.1 Å². The molecule has 1 heterocycles. The lowest BCUT2D eigenvalue weighted by atomic mass is 10.1. The van der Waals surface area contributed by atoms with E-state index < -0.39 is 0 Å². The van der Waals surface area contributed by atoms with Crippen LogP contribution in [-0.2, 0) is 0 Å². The predicted molar refractivity (Wildman–Crippen MR) is 87.7 cm³/mol. The van der Waals surface area contributed by atoms with Gasteiger partial charge in [-0.2, -0.15) is 0 Å². The van der Waals surface area contributed by atoms with Gasteiger partial charge >= 0.3 is 0 Å². The van der Waals surface area contributed by atoms with Crippen LogP contribution >= 0.6 is 39.1 Å². The number of benzene rings is 1. The number of nitrogens with one attached hydrogen (secondary N) is 1. The maximum absolute atomic E-state index is 6.40. The summed E-state index contributed by atoms with van der Waals surface area (Å²) < 4.78 is 0.843. The molecule has 1 aromatic rings. The lowest BCUT2D eigenvalue weighted by molar-refractivity contribution is 0.386. The van der Waals surface area contributed by atoms with Crippen molar-refractivity contribution in [1.29, 1.82) is 0 Å². The summed E-state index contributed by atoms with van der Waals surface area (Å²) in [7, 11) is 0. The van der Waals surface area contributed by atoms with Crippen LogP contribution in [0.15, 0.2) is 16.6 Å². The number of nitrogens with zero attached hydrogens (tertiary/aromatic N) is 1. The van der Waals surface area contributed by atoms with Crippen molar-refractivity contribution in [2.45, 2.75) is 38.8 Å². The Morgan fingerprint density at radius 1 is 1.37 bits per heavy atom. The molecule has 1 aromatic carbocycles. The van der Waals surface area contributed by atoms with Crippen LogP contribution in [0.2, 0.25) is 10.0 Å². The third-order valence-corrected chi connectivity index (χ3v) is 5.37. The molecule has 0 aromatic heterocycles. The Labute approximate surface area is 133 Å². The standard InChI is InChI=1S/C14H19BrCl2N2/c1-3-4-10-8-19(9(2)7-18-10)12-6-5-11(15)13(16)14(12)17/h5-6,9-10,18H,3-4,7-8H2,1-2H3. The van der Waals surface area contributed by atoms with E-state index in [9.17, 15) is 0 Å². The van der Waals surface area contributed by atoms with Gasteiger partial charge in [0.15, 0.2) is 0 Å². The lowest BCUT2D eigenvalue weighted by Crippen LogP contribution is -2.55. The van der Waals surface area contributed by atoms with Gasteiger partial charge in [0.05, 0.1) is 15.7 Å². The molecule has 2 rings (SSSR count). The highest BCUT2D eigenvalue weighted by Gasteiger charge is 2.26. The maximum Gasteiger partial charge on any atom is 0.0837 e. The van der Waals surface area contributed by atoms with E-state index >= 15 is 0 Å². The molecule has 1 aliphatic rings. The minimum Gasteiger partial charge on any atom is -0.365 e. The fourth-order valence-corrected chi connectivity index (χ4v) is 3.42. The van der Waals surface area contributed by atoms with E-state index in [1.807, 2.05) is 12.1 Å². The van der Waals surface area contributed by atoms with Crippen molar-refractivity contribution in [3.63, 3.8) is 0 Å².